The van der Waals surface area contributed by atoms with Gasteiger partial charge in [0.25, 0.3) is 0 Å². The minimum absolute atomic E-state index is 0.355. The van der Waals surface area contributed by atoms with Crippen molar-refractivity contribution in [3.8, 4) is 10.6 Å². The van der Waals surface area contributed by atoms with E-state index in [1.165, 1.54) is 11.3 Å². The van der Waals surface area contributed by atoms with Crippen molar-refractivity contribution in [3.05, 3.63) is 47.6 Å². The molecule has 2 aromatic heterocycles. The second kappa shape index (κ2) is 5.38. The van der Waals surface area contributed by atoms with Crippen LogP contribution < -0.4 is 0 Å². The molecule has 0 spiro atoms. The molecule has 100 valence electrons. The average molecular weight is 284 g/mol. The number of nitrogens with zero attached hydrogens (tertiary/aromatic N) is 2. The first-order valence-electron chi connectivity index (χ1n) is 6.25. The Balaban J connectivity index is 1.96. The van der Waals surface area contributed by atoms with E-state index in [0.29, 0.717) is 12.3 Å². The highest BCUT2D eigenvalue weighted by Gasteiger charge is 2.12. The Morgan fingerprint density at radius 3 is 3.10 bits per heavy atom. The van der Waals surface area contributed by atoms with Crippen LogP contribution in [0.3, 0.4) is 0 Å². The topological polar surface area (TPSA) is 52.1 Å². The molecule has 5 heteroatoms. The van der Waals surface area contributed by atoms with Crippen LogP contribution in [0.2, 0.25) is 0 Å². The van der Waals surface area contributed by atoms with Crippen LogP contribution in [-0.2, 0) is 4.74 Å². The van der Waals surface area contributed by atoms with Gasteiger partial charge < -0.3 is 4.74 Å². The Morgan fingerprint density at radius 1 is 1.35 bits per heavy atom. The molecule has 0 amide bonds. The van der Waals surface area contributed by atoms with Gasteiger partial charge in [0.05, 0.1) is 12.1 Å². The molecule has 20 heavy (non-hydrogen) atoms. The van der Waals surface area contributed by atoms with Gasteiger partial charge in [-0.05, 0) is 31.2 Å². The molecule has 1 aromatic carbocycles. The monoisotopic (exact) mass is 284 g/mol. The second-order valence-corrected chi connectivity index (χ2v) is 5.03. The molecule has 0 bridgehead atoms. The SMILES string of the molecule is CCOC(=O)c1csc(-c2ccc3ncccc3c2)n1. The van der Waals surface area contributed by atoms with E-state index in [4.69, 9.17) is 4.74 Å². The second-order valence-electron chi connectivity index (χ2n) is 4.17. The lowest BCUT2D eigenvalue weighted by molar-refractivity contribution is 0.0520. The predicted molar refractivity (Wildman–Crippen MR) is 78.8 cm³/mol. The zero-order valence-electron chi connectivity index (χ0n) is 10.9. The lowest BCUT2D eigenvalue weighted by Gasteiger charge is -2.00. The fraction of sp³-hybridized carbons (Fsp3) is 0.133. The van der Waals surface area contributed by atoms with Crippen molar-refractivity contribution < 1.29 is 9.53 Å². The lowest BCUT2D eigenvalue weighted by atomic mass is 10.1. The highest BCUT2D eigenvalue weighted by molar-refractivity contribution is 7.13. The van der Waals surface area contributed by atoms with Gasteiger partial charge in [-0.2, -0.15) is 0 Å². The number of carbonyl (C=O) groups excluding carboxylic acids is 1. The van der Waals surface area contributed by atoms with Gasteiger partial charge in [0, 0.05) is 22.5 Å². The molecule has 0 aliphatic rings. The zero-order chi connectivity index (χ0) is 13.9. The van der Waals surface area contributed by atoms with E-state index in [-0.39, 0.29) is 5.97 Å². The molecule has 0 atom stereocenters. The number of esters is 1. The first kappa shape index (κ1) is 12.7. The molecular formula is C15H12N2O2S. The van der Waals surface area contributed by atoms with Crippen LogP contribution in [0.4, 0.5) is 0 Å². The molecule has 0 N–H and O–H groups in total. The molecule has 0 aliphatic carbocycles. The molecule has 0 saturated carbocycles. The van der Waals surface area contributed by atoms with Crippen molar-refractivity contribution in [2.45, 2.75) is 6.92 Å². The summed E-state index contributed by atoms with van der Waals surface area (Å²) in [4.78, 5) is 20.2. The fourth-order valence-electron chi connectivity index (χ4n) is 1.91. The summed E-state index contributed by atoms with van der Waals surface area (Å²) < 4.78 is 4.94. The molecule has 3 rings (SSSR count). The number of hydrogen-bond acceptors (Lipinski definition) is 5. The number of fused-ring (bicyclic) bond motifs is 1. The number of pyridine rings is 1. The number of rotatable bonds is 3. The number of aromatic nitrogens is 2. The van der Waals surface area contributed by atoms with Crippen molar-refractivity contribution in [1.82, 2.24) is 9.97 Å². The van der Waals surface area contributed by atoms with Crippen LogP contribution in [0.1, 0.15) is 17.4 Å². The summed E-state index contributed by atoms with van der Waals surface area (Å²) in [6.45, 7) is 2.13. The van der Waals surface area contributed by atoms with Gasteiger partial charge >= 0.3 is 5.97 Å². The van der Waals surface area contributed by atoms with Crippen LogP contribution in [0.25, 0.3) is 21.5 Å². The summed E-state index contributed by atoms with van der Waals surface area (Å²) in [5.74, 6) is -0.377. The Kier molecular flexibility index (Phi) is 3.43. The van der Waals surface area contributed by atoms with Gasteiger partial charge in [-0.3, -0.25) is 4.98 Å². The molecule has 0 fully saturated rings. The Morgan fingerprint density at radius 2 is 2.25 bits per heavy atom. The largest absolute Gasteiger partial charge is 0.461 e. The van der Waals surface area contributed by atoms with Gasteiger partial charge in [-0.1, -0.05) is 6.07 Å². The molecule has 4 nitrogen and oxygen atoms in total. The van der Waals surface area contributed by atoms with E-state index in [0.717, 1.165) is 21.5 Å². The highest BCUT2D eigenvalue weighted by Crippen LogP contribution is 2.26. The minimum Gasteiger partial charge on any atom is -0.461 e. The van der Waals surface area contributed by atoms with Crippen LogP contribution in [0, 0.1) is 0 Å². The van der Waals surface area contributed by atoms with Gasteiger partial charge in [-0.25, -0.2) is 9.78 Å². The number of ether oxygens (including phenoxy) is 1. The van der Waals surface area contributed by atoms with E-state index >= 15 is 0 Å². The van der Waals surface area contributed by atoms with Gasteiger partial charge in [-0.15, -0.1) is 11.3 Å². The minimum atomic E-state index is -0.377. The van der Waals surface area contributed by atoms with E-state index in [9.17, 15) is 4.79 Å². The molecular weight excluding hydrogens is 272 g/mol. The number of carbonyl (C=O) groups is 1. The number of thiazole rings is 1. The summed E-state index contributed by atoms with van der Waals surface area (Å²) in [6.07, 6.45) is 1.77. The average Bonchev–Trinajstić information content (AvgIpc) is 2.97. The normalized spacial score (nSPS) is 10.7. The Labute approximate surface area is 120 Å². The molecule has 0 aliphatic heterocycles. The maximum absolute atomic E-state index is 11.6. The van der Waals surface area contributed by atoms with E-state index in [1.54, 1.807) is 18.5 Å². The smallest absolute Gasteiger partial charge is 0.357 e. The van der Waals surface area contributed by atoms with E-state index in [1.807, 2.05) is 30.3 Å². The van der Waals surface area contributed by atoms with Crippen molar-refractivity contribution in [2.75, 3.05) is 6.61 Å². The standard InChI is InChI=1S/C15H12N2O2S/c1-2-19-15(18)13-9-20-14(17-13)11-5-6-12-10(8-11)4-3-7-16-12/h3-9H,2H2,1H3. The molecule has 3 aromatic rings. The summed E-state index contributed by atoms with van der Waals surface area (Å²) in [6, 6.07) is 9.85. The first-order chi connectivity index (χ1) is 9.78. The molecule has 0 saturated heterocycles. The van der Waals surface area contributed by atoms with Crippen LogP contribution in [0.5, 0.6) is 0 Å². The van der Waals surface area contributed by atoms with Crippen molar-refractivity contribution in [1.29, 1.82) is 0 Å². The summed E-state index contributed by atoms with van der Waals surface area (Å²) in [5, 5.41) is 3.58. The third-order valence-electron chi connectivity index (χ3n) is 2.84. The number of benzene rings is 1. The van der Waals surface area contributed by atoms with Crippen molar-refractivity contribution >= 4 is 28.2 Å². The van der Waals surface area contributed by atoms with Gasteiger partial charge in [0.2, 0.25) is 0 Å². The van der Waals surface area contributed by atoms with E-state index < -0.39 is 0 Å². The first-order valence-corrected chi connectivity index (χ1v) is 7.13. The molecule has 0 unspecified atom stereocenters. The summed E-state index contributed by atoms with van der Waals surface area (Å²) in [5.41, 5.74) is 2.28. The molecule has 2 heterocycles. The Bertz CT molecular complexity index is 767. The quantitative estimate of drug-likeness (QED) is 0.690. The maximum atomic E-state index is 11.6. The van der Waals surface area contributed by atoms with Crippen LogP contribution in [0.15, 0.2) is 41.9 Å². The van der Waals surface area contributed by atoms with E-state index in [2.05, 4.69) is 9.97 Å². The zero-order valence-corrected chi connectivity index (χ0v) is 11.7. The van der Waals surface area contributed by atoms with Crippen molar-refractivity contribution in [3.63, 3.8) is 0 Å². The van der Waals surface area contributed by atoms with Crippen LogP contribution >= 0.6 is 11.3 Å². The highest BCUT2D eigenvalue weighted by atomic mass is 32.1. The summed E-state index contributed by atoms with van der Waals surface area (Å²) >= 11 is 1.43. The maximum Gasteiger partial charge on any atom is 0.357 e. The third kappa shape index (κ3) is 2.40. The fourth-order valence-corrected chi connectivity index (χ4v) is 2.70. The van der Waals surface area contributed by atoms with Crippen LogP contribution in [-0.4, -0.2) is 22.5 Å². The Hall–Kier alpha value is -2.27. The molecule has 0 radical (unpaired) electrons. The third-order valence-corrected chi connectivity index (χ3v) is 3.73. The summed E-state index contributed by atoms with van der Waals surface area (Å²) in [7, 11) is 0. The van der Waals surface area contributed by atoms with Gasteiger partial charge in [0.15, 0.2) is 5.69 Å². The van der Waals surface area contributed by atoms with Gasteiger partial charge in [0.1, 0.15) is 5.01 Å². The predicted octanol–water partition coefficient (Wildman–Crippen LogP) is 3.54. The number of hydrogen-bond donors (Lipinski definition) is 0. The lowest BCUT2D eigenvalue weighted by Crippen LogP contribution is -2.04. The van der Waals surface area contributed by atoms with Crippen molar-refractivity contribution in [2.24, 2.45) is 0 Å².